The first-order valence-electron chi connectivity index (χ1n) is 9.09. The van der Waals surface area contributed by atoms with Crippen molar-refractivity contribution in [1.29, 1.82) is 0 Å². The average Bonchev–Trinajstić information content (AvgIpc) is 2.93. The van der Waals surface area contributed by atoms with E-state index in [4.69, 9.17) is 0 Å². The maximum atomic E-state index is 12.3. The summed E-state index contributed by atoms with van der Waals surface area (Å²) in [7, 11) is 0. The second kappa shape index (κ2) is 6.10. The van der Waals surface area contributed by atoms with Gasteiger partial charge >= 0.3 is 0 Å². The topological polar surface area (TPSA) is 55.2 Å². The van der Waals surface area contributed by atoms with Crippen LogP contribution in [0.4, 0.5) is 0 Å². The second-order valence-corrected chi connectivity index (χ2v) is 7.39. The highest BCUT2D eigenvalue weighted by Gasteiger charge is 2.31. The fourth-order valence-electron chi connectivity index (χ4n) is 4.06. The molecule has 4 rings (SSSR count). The van der Waals surface area contributed by atoms with Crippen LogP contribution in [-0.2, 0) is 24.2 Å². The normalized spacial score (nSPS) is 22.0. The van der Waals surface area contributed by atoms with E-state index in [0.717, 1.165) is 69.3 Å². The SMILES string of the molecule is O=C(C1CCC1)N1CCC(Cn2nc3c(cc2=O)CCC3)CC1. The lowest BCUT2D eigenvalue weighted by Crippen LogP contribution is -2.44. The molecule has 0 N–H and O–H groups in total. The summed E-state index contributed by atoms with van der Waals surface area (Å²) in [6, 6.07) is 1.78. The molecule has 0 spiro atoms. The van der Waals surface area contributed by atoms with Gasteiger partial charge in [-0.25, -0.2) is 4.68 Å². The summed E-state index contributed by atoms with van der Waals surface area (Å²) in [4.78, 5) is 26.5. The molecule has 3 aliphatic rings. The summed E-state index contributed by atoms with van der Waals surface area (Å²) in [6.45, 7) is 2.40. The van der Waals surface area contributed by atoms with Crippen LogP contribution in [0.2, 0.25) is 0 Å². The Morgan fingerprint density at radius 1 is 1.13 bits per heavy atom. The maximum absolute atomic E-state index is 12.3. The van der Waals surface area contributed by atoms with Crippen molar-refractivity contribution in [2.75, 3.05) is 13.1 Å². The van der Waals surface area contributed by atoms with Crippen LogP contribution >= 0.6 is 0 Å². The molecule has 2 aliphatic carbocycles. The largest absolute Gasteiger partial charge is 0.342 e. The van der Waals surface area contributed by atoms with Crippen molar-refractivity contribution < 1.29 is 4.79 Å². The van der Waals surface area contributed by atoms with Gasteiger partial charge < -0.3 is 4.90 Å². The standard InChI is InChI=1S/C18H25N3O2/c22-17-11-15-5-2-6-16(15)19-21(17)12-13-7-9-20(10-8-13)18(23)14-3-1-4-14/h11,13-14H,1-10,12H2. The Balaban J connectivity index is 1.36. The van der Waals surface area contributed by atoms with Crippen molar-refractivity contribution in [2.45, 2.75) is 57.9 Å². The number of hydrogen-bond donors (Lipinski definition) is 0. The molecule has 1 aromatic heterocycles. The van der Waals surface area contributed by atoms with Crippen LogP contribution in [0.25, 0.3) is 0 Å². The lowest BCUT2D eigenvalue weighted by molar-refractivity contribution is -0.139. The van der Waals surface area contributed by atoms with E-state index in [1.165, 1.54) is 6.42 Å². The van der Waals surface area contributed by atoms with Gasteiger partial charge in [0.25, 0.3) is 5.56 Å². The molecule has 2 fully saturated rings. The van der Waals surface area contributed by atoms with Crippen molar-refractivity contribution >= 4 is 5.91 Å². The number of fused-ring (bicyclic) bond motifs is 1. The minimum atomic E-state index is 0.0404. The van der Waals surface area contributed by atoms with Crippen LogP contribution in [0.15, 0.2) is 10.9 Å². The molecule has 1 saturated heterocycles. The molecule has 1 aliphatic heterocycles. The van der Waals surface area contributed by atoms with E-state index in [1.54, 1.807) is 10.7 Å². The van der Waals surface area contributed by atoms with Crippen LogP contribution in [0, 0.1) is 11.8 Å². The summed E-state index contributed by atoms with van der Waals surface area (Å²) < 4.78 is 1.66. The molecule has 0 radical (unpaired) electrons. The van der Waals surface area contributed by atoms with Crippen molar-refractivity contribution in [3.05, 3.63) is 27.7 Å². The van der Waals surface area contributed by atoms with Gasteiger partial charge in [0, 0.05) is 31.6 Å². The van der Waals surface area contributed by atoms with Gasteiger partial charge in [-0.05, 0) is 56.4 Å². The van der Waals surface area contributed by atoms with E-state index < -0.39 is 0 Å². The highest BCUT2D eigenvalue weighted by molar-refractivity contribution is 5.79. The zero-order valence-corrected chi connectivity index (χ0v) is 13.7. The Kier molecular flexibility index (Phi) is 3.95. The molecule has 1 amide bonds. The van der Waals surface area contributed by atoms with Gasteiger partial charge in [-0.1, -0.05) is 6.42 Å². The fourth-order valence-corrected chi connectivity index (χ4v) is 4.06. The first-order valence-corrected chi connectivity index (χ1v) is 9.09. The summed E-state index contributed by atoms with van der Waals surface area (Å²) >= 11 is 0. The Morgan fingerprint density at radius 3 is 2.61 bits per heavy atom. The number of rotatable bonds is 3. The van der Waals surface area contributed by atoms with E-state index in [2.05, 4.69) is 5.10 Å². The minimum absolute atomic E-state index is 0.0404. The molecule has 5 nitrogen and oxygen atoms in total. The zero-order chi connectivity index (χ0) is 15.8. The molecular weight excluding hydrogens is 290 g/mol. The number of carbonyl (C=O) groups excluding carboxylic acids is 1. The smallest absolute Gasteiger partial charge is 0.267 e. The van der Waals surface area contributed by atoms with Crippen LogP contribution in [0.5, 0.6) is 0 Å². The molecule has 5 heteroatoms. The van der Waals surface area contributed by atoms with E-state index >= 15 is 0 Å². The predicted molar refractivity (Wildman–Crippen MR) is 87.2 cm³/mol. The second-order valence-electron chi connectivity index (χ2n) is 7.39. The van der Waals surface area contributed by atoms with Gasteiger partial charge in [-0.15, -0.1) is 0 Å². The molecule has 1 saturated carbocycles. The summed E-state index contributed by atoms with van der Waals surface area (Å²) in [5.41, 5.74) is 2.30. The Bertz CT molecular complexity index is 655. The van der Waals surface area contributed by atoms with Gasteiger partial charge in [0.05, 0.1) is 5.69 Å². The third kappa shape index (κ3) is 2.93. The van der Waals surface area contributed by atoms with Crippen LogP contribution in [0.1, 0.15) is 49.8 Å². The number of likely N-dealkylation sites (tertiary alicyclic amines) is 1. The van der Waals surface area contributed by atoms with Gasteiger partial charge in [0.15, 0.2) is 0 Å². The molecule has 2 heterocycles. The van der Waals surface area contributed by atoms with Crippen LogP contribution in [0.3, 0.4) is 0 Å². The average molecular weight is 315 g/mol. The lowest BCUT2D eigenvalue weighted by atomic mass is 9.83. The Hall–Kier alpha value is -1.65. The highest BCUT2D eigenvalue weighted by atomic mass is 16.2. The summed E-state index contributed by atoms with van der Waals surface area (Å²) in [6.07, 6.45) is 8.46. The van der Waals surface area contributed by atoms with Crippen molar-refractivity contribution in [2.24, 2.45) is 11.8 Å². The molecule has 0 unspecified atom stereocenters. The third-order valence-corrected chi connectivity index (χ3v) is 5.84. The molecule has 1 aromatic rings. The quantitative estimate of drug-likeness (QED) is 0.854. The number of nitrogens with zero attached hydrogens (tertiary/aromatic N) is 3. The highest BCUT2D eigenvalue weighted by Crippen LogP contribution is 2.30. The summed E-state index contributed by atoms with van der Waals surface area (Å²) in [5.74, 6) is 1.13. The first-order chi connectivity index (χ1) is 11.2. The predicted octanol–water partition coefficient (Wildman–Crippen LogP) is 1.77. The maximum Gasteiger partial charge on any atom is 0.267 e. The summed E-state index contributed by atoms with van der Waals surface area (Å²) in [5, 5.41) is 4.58. The lowest BCUT2D eigenvalue weighted by Gasteiger charge is -2.36. The number of carbonyl (C=O) groups is 1. The van der Waals surface area contributed by atoms with E-state index in [0.29, 0.717) is 24.3 Å². The van der Waals surface area contributed by atoms with E-state index in [9.17, 15) is 9.59 Å². The van der Waals surface area contributed by atoms with Crippen LogP contribution < -0.4 is 5.56 Å². The molecule has 0 bridgehead atoms. The molecule has 0 atom stereocenters. The third-order valence-electron chi connectivity index (χ3n) is 5.84. The van der Waals surface area contributed by atoms with Crippen molar-refractivity contribution in [3.8, 4) is 0 Å². The number of aryl methyl sites for hydroxylation is 2. The molecular formula is C18H25N3O2. The number of piperidine rings is 1. The number of hydrogen-bond acceptors (Lipinski definition) is 3. The van der Waals surface area contributed by atoms with E-state index in [-0.39, 0.29) is 5.56 Å². The van der Waals surface area contributed by atoms with Gasteiger partial charge in [-0.3, -0.25) is 9.59 Å². The Labute approximate surface area is 136 Å². The fraction of sp³-hybridized carbons (Fsp3) is 0.722. The number of aromatic nitrogens is 2. The van der Waals surface area contributed by atoms with Gasteiger partial charge in [0.2, 0.25) is 5.91 Å². The van der Waals surface area contributed by atoms with Crippen LogP contribution in [-0.4, -0.2) is 33.7 Å². The zero-order valence-electron chi connectivity index (χ0n) is 13.7. The monoisotopic (exact) mass is 315 g/mol. The van der Waals surface area contributed by atoms with Gasteiger partial charge in [0.1, 0.15) is 0 Å². The minimum Gasteiger partial charge on any atom is -0.342 e. The molecule has 124 valence electrons. The van der Waals surface area contributed by atoms with Crippen molar-refractivity contribution in [3.63, 3.8) is 0 Å². The van der Waals surface area contributed by atoms with E-state index in [1.807, 2.05) is 4.90 Å². The molecule has 23 heavy (non-hydrogen) atoms. The first kappa shape index (κ1) is 14.9. The molecule has 0 aromatic carbocycles. The number of amides is 1. The van der Waals surface area contributed by atoms with Crippen molar-refractivity contribution in [1.82, 2.24) is 14.7 Å². The van der Waals surface area contributed by atoms with Gasteiger partial charge in [-0.2, -0.15) is 5.10 Å². The Morgan fingerprint density at radius 2 is 1.91 bits per heavy atom.